The van der Waals surface area contributed by atoms with Crippen LogP contribution in [0.3, 0.4) is 0 Å². The normalized spacial score (nSPS) is 25.7. The van der Waals surface area contributed by atoms with E-state index in [1.165, 1.54) is 12.1 Å². The molecule has 1 N–H and O–H groups in total. The van der Waals surface area contributed by atoms with E-state index in [-0.39, 0.29) is 5.91 Å². The highest BCUT2D eigenvalue weighted by Gasteiger charge is 2.41. The van der Waals surface area contributed by atoms with Crippen LogP contribution in [0, 0.1) is 5.92 Å². The summed E-state index contributed by atoms with van der Waals surface area (Å²) in [5.41, 5.74) is 3.26. The van der Waals surface area contributed by atoms with Gasteiger partial charge >= 0.3 is 0 Å². The van der Waals surface area contributed by atoms with Gasteiger partial charge in [0.05, 0.1) is 19.9 Å². The lowest BCUT2D eigenvalue weighted by Gasteiger charge is -2.49. The van der Waals surface area contributed by atoms with E-state index in [9.17, 15) is 4.79 Å². The van der Waals surface area contributed by atoms with Gasteiger partial charge in [0.15, 0.2) is 11.5 Å². The molecule has 2 bridgehead atoms. The molecule has 0 radical (unpaired) electrons. The molecule has 3 aliphatic heterocycles. The van der Waals surface area contributed by atoms with Crippen LogP contribution in [0.4, 0.5) is 0 Å². The summed E-state index contributed by atoms with van der Waals surface area (Å²) in [6.45, 7) is 4.48. The molecule has 4 heterocycles. The third-order valence-corrected chi connectivity index (χ3v) is 6.44. The molecule has 7 nitrogen and oxygen atoms in total. The summed E-state index contributed by atoms with van der Waals surface area (Å²) in [5, 5.41) is 7.79. The van der Waals surface area contributed by atoms with Crippen molar-refractivity contribution < 1.29 is 14.3 Å². The lowest BCUT2D eigenvalue weighted by molar-refractivity contribution is -0.119. The van der Waals surface area contributed by atoms with E-state index in [1.54, 1.807) is 21.1 Å². The van der Waals surface area contributed by atoms with Crippen LogP contribution < -0.4 is 14.8 Å². The van der Waals surface area contributed by atoms with Crippen molar-refractivity contribution >= 4 is 5.91 Å². The number of hydrogen-bond acceptors (Lipinski definition) is 5. The van der Waals surface area contributed by atoms with Crippen LogP contribution in [0.25, 0.3) is 11.3 Å². The highest BCUT2D eigenvalue weighted by atomic mass is 16.5. The molecule has 0 saturated carbocycles. The van der Waals surface area contributed by atoms with Crippen molar-refractivity contribution in [3.05, 3.63) is 30.0 Å². The molecule has 0 spiro atoms. The Morgan fingerprint density at radius 1 is 1.24 bits per heavy atom. The molecule has 4 atom stereocenters. The zero-order valence-corrected chi connectivity index (χ0v) is 17.6. The van der Waals surface area contributed by atoms with Crippen LogP contribution in [0.1, 0.15) is 31.4 Å². The average molecular weight is 399 g/mol. The first kappa shape index (κ1) is 19.8. The first-order valence-corrected chi connectivity index (χ1v) is 10.2. The Hall–Kier alpha value is -2.54. The topological polar surface area (TPSA) is 68.6 Å². The van der Waals surface area contributed by atoms with E-state index in [0.29, 0.717) is 23.6 Å². The third-order valence-electron chi connectivity index (χ3n) is 6.44. The number of nitrogens with one attached hydrogen (secondary N) is 1. The van der Waals surface area contributed by atoms with E-state index in [1.807, 2.05) is 29.9 Å². The zero-order chi connectivity index (χ0) is 20.5. The molecule has 5 rings (SSSR count). The van der Waals surface area contributed by atoms with Crippen LogP contribution in [0.15, 0.2) is 24.3 Å². The van der Waals surface area contributed by atoms with Crippen LogP contribution in [0.2, 0.25) is 0 Å². The Morgan fingerprint density at radius 2 is 2.03 bits per heavy atom. The van der Waals surface area contributed by atoms with Crippen LogP contribution in [-0.2, 0) is 11.8 Å². The van der Waals surface area contributed by atoms with Gasteiger partial charge < -0.3 is 14.8 Å². The number of piperidine rings is 3. The summed E-state index contributed by atoms with van der Waals surface area (Å²) < 4.78 is 12.8. The van der Waals surface area contributed by atoms with Crippen molar-refractivity contribution in [2.75, 3.05) is 33.9 Å². The maximum absolute atomic E-state index is 11.3. The minimum absolute atomic E-state index is 0.0513. The summed E-state index contributed by atoms with van der Waals surface area (Å²) in [5.74, 6) is 2.59. The predicted octanol–water partition coefficient (Wildman–Crippen LogP) is 2.42. The first-order valence-electron chi connectivity index (χ1n) is 10.2. The number of carbonyl (C=O) groups is 1. The standard InChI is InChI=1S/C22H30N4O3/c1-14(27)23-12-17-9-15-7-8-26(17)13-18(15)20-11-19(24-25(20)2)16-5-6-21(28-3)22(10-16)29-4/h5-6,10-11,15,17-18H,7-9,12-13H2,1-4H3,(H,23,27)/t15-,17-,18+/m1/s1. The number of amides is 1. The number of carbonyl (C=O) groups excluding carboxylic acids is 1. The molecule has 1 aromatic heterocycles. The summed E-state index contributed by atoms with van der Waals surface area (Å²) >= 11 is 0. The summed E-state index contributed by atoms with van der Waals surface area (Å²) in [7, 11) is 5.32. The van der Waals surface area contributed by atoms with Gasteiger partial charge in [-0.3, -0.25) is 14.4 Å². The molecule has 3 saturated heterocycles. The quantitative estimate of drug-likeness (QED) is 0.809. The van der Waals surface area contributed by atoms with E-state index in [2.05, 4.69) is 16.3 Å². The van der Waals surface area contributed by atoms with Gasteiger partial charge in [-0.2, -0.15) is 5.10 Å². The fraction of sp³-hybridized carbons (Fsp3) is 0.545. The number of nitrogens with zero attached hydrogens (tertiary/aromatic N) is 3. The highest BCUT2D eigenvalue weighted by molar-refractivity contribution is 5.72. The molecule has 3 fully saturated rings. The van der Waals surface area contributed by atoms with Gasteiger partial charge in [0.25, 0.3) is 0 Å². The number of benzene rings is 1. The van der Waals surface area contributed by atoms with Crippen LogP contribution in [-0.4, -0.2) is 60.5 Å². The molecule has 156 valence electrons. The van der Waals surface area contributed by atoms with Crippen molar-refractivity contribution in [2.24, 2.45) is 13.0 Å². The molecule has 29 heavy (non-hydrogen) atoms. The SMILES string of the molecule is COc1ccc(-c2cc([C@H]3CN4CC[C@@H]3C[C@@H]4CNC(C)=O)n(C)n2)cc1OC. The Kier molecular flexibility index (Phi) is 5.50. The summed E-state index contributed by atoms with van der Waals surface area (Å²) in [4.78, 5) is 13.8. The molecule has 1 aromatic carbocycles. The van der Waals surface area contributed by atoms with Gasteiger partial charge in [0, 0.05) is 50.3 Å². The second-order valence-corrected chi connectivity index (χ2v) is 8.12. The van der Waals surface area contributed by atoms with Crippen LogP contribution >= 0.6 is 0 Å². The number of hydrogen-bond donors (Lipinski definition) is 1. The van der Waals surface area contributed by atoms with Gasteiger partial charge in [0.2, 0.25) is 5.91 Å². The fourth-order valence-corrected chi connectivity index (χ4v) is 4.91. The molecule has 1 amide bonds. The monoisotopic (exact) mass is 398 g/mol. The number of rotatable bonds is 6. The number of aromatic nitrogens is 2. The largest absolute Gasteiger partial charge is 0.493 e. The van der Waals surface area contributed by atoms with Crippen molar-refractivity contribution in [2.45, 2.75) is 31.7 Å². The number of methoxy groups -OCH3 is 2. The lowest BCUT2D eigenvalue weighted by atomic mass is 9.74. The maximum Gasteiger partial charge on any atom is 0.216 e. The Morgan fingerprint density at radius 3 is 2.69 bits per heavy atom. The number of fused-ring (bicyclic) bond motifs is 3. The van der Waals surface area contributed by atoms with E-state index < -0.39 is 0 Å². The van der Waals surface area contributed by atoms with Crippen molar-refractivity contribution in [3.63, 3.8) is 0 Å². The Balaban J connectivity index is 1.54. The van der Waals surface area contributed by atoms with Gasteiger partial charge in [-0.25, -0.2) is 0 Å². The van der Waals surface area contributed by atoms with E-state index in [4.69, 9.17) is 14.6 Å². The Labute approximate surface area is 172 Å². The zero-order valence-electron chi connectivity index (χ0n) is 17.6. The molecular formula is C22H30N4O3. The Bertz CT molecular complexity index is 894. The molecule has 3 aliphatic rings. The fourth-order valence-electron chi connectivity index (χ4n) is 4.91. The second-order valence-electron chi connectivity index (χ2n) is 8.12. The van der Waals surface area contributed by atoms with Gasteiger partial charge in [-0.05, 0) is 49.6 Å². The van der Waals surface area contributed by atoms with Crippen LogP contribution in [0.5, 0.6) is 11.5 Å². The van der Waals surface area contributed by atoms with E-state index >= 15 is 0 Å². The minimum atomic E-state index is 0.0513. The van der Waals surface area contributed by atoms with Crippen molar-refractivity contribution in [3.8, 4) is 22.8 Å². The lowest BCUT2D eigenvalue weighted by Crippen LogP contribution is -2.56. The third kappa shape index (κ3) is 3.83. The van der Waals surface area contributed by atoms with Gasteiger partial charge in [-0.15, -0.1) is 0 Å². The number of aryl methyl sites for hydroxylation is 1. The van der Waals surface area contributed by atoms with E-state index in [0.717, 1.165) is 43.1 Å². The highest BCUT2D eigenvalue weighted by Crippen LogP contribution is 2.42. The van der Waals surface area contributed by atoms with Gasteiger partial charge in [-0.1, -0.05) is 0 Å². The predicted molar refractivity (Wildman–Crippen MR) is 111 cm³/mol. The first-order chi connectivity index (χ1) is 14.0. The molecular weight excluding hydrogens is 368 g/mol. The van der Waals surface area contributed by atoms with Gasteiger partial charge in [0.1, 0.15) is 0 Å². The number of ether oxygens (including phenoxy) is 2. The smallest absolute Gasteiger partial charge is 0.216 e. The van der Waals surface area contributed by atoms with Crippen molar-refractivity contribution in [1.82, 2.24) is 20.0 Å². The molecule has 7 heteroatoms. The second kappa shape index (κ2) is 8.06. The maximum atomic E-state index is 11.3. The molecule has 2 aromatic rings. The minimum Gasteiger partial charge on any atom is -0.493 e. The average Bonchev–Trinajstić information content (AvgIpc) is 3.13. The molecule has 1 unspecified atom stereocenters. The molecule has 0 aliphatic carbocycles. The summed E-state index contributed by atoms with van der Waals surface area (Å²) in [6, 6.07) is 8.59. The van der Waals surface area contributed by atoms with Crippen molar-refractivity contribution in [1.29, 1.82) is 0 Å². The summed E-state index contributed by atoms with van der Waals surface area (Å²) in [6.07, 6.45) is 2.33.